The molecule has 0 N–H and O–H groups in total. The second-order valence-corrected chi connectivity index (χ2v) is 7.42. The molecule has 3 rings (SSSR count). The topological polar surface area (TPSA) is 45.7 Å². The minimum absolute atomic E-state index is 0.198. The van der Waals surface area contributed by atoms with E-state index in [1.165, 1.54) is 0 Å². The third-order valence-electron chi connectivity index (χ3n) is 4.25. The smallest absolute Gasteiger partial charge is 0.410 e. The molecule has 0 spiro atoms. The molecule has 2 aliphatic rings. The number of pyridine rings is 1. The molecule has 6 heteroatoms. The quantitative estimate of drug-likeness (QED) is 0.745. The van der Waals surface area contributed by atoms with Crippen LogP contribution < -0.4 is 4.90 Å². The summed E-state index contributed by atoms with van der Waals surface area (Å²) in [6.07, 6.45) is 2.62. The van der Waals surface area contributed by atoms with E-state index in [1.54, 1.807) is 12.3 Å². The Kier molecular flexibility index (Phi) is 3.93. The van der Waals surface area contributed by atoms with Crippen molar-refractivity contribution in [2.45, 2.75) is 38.8 Å². The molecular formula is C16H22ClN3O2. The fourth-order valence-corrected chi connectivity index (χ4v) is 3.39. The van der Waals surface area contributed by atoms with Gasteiger partial charge >= 0.3 is 6.09 Å². The van der Waals surface area contributed by atoms with E-state index in [2.05, 4.69) is 9.88 Å². The minimum atomic E-state index is -0.451. The number of fused-ring (bicyclic) bond motifs is 1. The highest BCUT2D eigenvalue weighted by Crippen LogP contribution is 2.34. The number of rotatable bonds is 1. The monoisotopic (exact) mass is 323 g/mol. The second-order valence-electron chi connectivity index (χ2n) is 7.03. The number of hydrogen-bond donors (Lipinski definition) is 0. The van der Waals surface area contributed by atoms with Crippen molar-refractivity contribution >= 4 is 23.4 Å². The van der Waals surface area contributed by atoms with Crippen molar-refractivity contribution in [3.05, 3.63) is 23.5 Å². The number of amides is 1. The maximum Gasteiger partial charge on any atom is 0.410 e. The van der Waals surface area contributed by atoms with Crippen LogP contribution in [0.2, 0.25) is 5.15 Å². The molecule has 0 bridgehead atoms. The van der Waals surface area contributed by atoms with Gasteiger partial charge in [0.15, 0.2) is 0 Å². The van der Waals surface area contributed by atoms with Crippen LogP contribution >= 0.6 is 11.6 Å². The predicted octanol–water partition coefficient (Wildman–Crippen LogP) is 3.18. The molecule has 1 aromatic rings. The van der Waals surface area contributed by atoms with E-state index in [9.17, 15) is 4.79 Å². The van der Waals surface area contributed by atoms with Crippen LogP contribution in [0.15, 0.2) is 18.3 Å². The number of anilines is 1. The van der Waals surface area contributed by atoms with Crippen molar-refractivity contribution in [1.82, 2.24) is 9.88 Å². The first kappa shape index (κ1) is 15.4. The van der Waals surface area contributed by atoms with Crippen LogP contribution in [0.3, 0.4) is 0 Å². The first-order valence-electron chi connectivity index (χ1n) is 7.69. The SMILES string of the molecule is CC(C)(C)OC(=O)N1CC[C@H]2CN(c3ccc(Cl)nc3)C[C@H]21. The van der Waals surface area contributed by atoms with E-state index in [0.29, 0.717) is 11.1 Å². The standard InChI is InChI=1S/C16H22ClN3O2/c1-16(2,3)22-15(21)20-7-6-11-9-19(10-13(11)20)12-4-5-14(17)18-8-12/h4-5,8,11,13H,6-7,9-10H2,1-3H3/t11-,13+/m0/s1. The summed E-state index contributed by atoms with van der Waals surface area (Å²) in [4.78, 5) is 20.6. The van der Waals surface area contributed by atoms with E-state index in [0.717, 1.165) is 31.7 Å². The molecule has 120 valence electrons. The molecule has 2 fully saturated rings. The van der Waals surface area contributed by atoms with Gasteiger partial charge in [-0.25, -0.2) is 9.78 Å². The summed E-state index contributed by atoms with van der Waals surface area (Å²) in [7, 11) is 0. The fraction of sp³-hybridized carbons (Fsp3) is 0.625. The summed E-state index contributed by atoms with van der Waals surface area (Å²) < 4.78 is 5.53. The van der Waals surface area contributed by atoms with Crippen LogP contribution in [0.25, 0.3) is 0 Å². The van der Waals surface area contributed by atoms with Crippen LogP contribution in [0.5, 0.6) is 0 Å². The summed E-state index contributed by atoms with van der Waals surface area (Å²) in [5.41, 5.74) is 0.607. The van der Waals surface area contributed by atoms with Gasteiger partial charge in [0.2, 0.25) is 0 Å². The largest absolute Gasteiger partial charge is 0.444 e. The van der Waals surface area contributed by atoms with Crippen LogP contribution in [0, 0.1) is 5.92 Å². The number of nitrogens with zero attached hydrogens (tertiary/aromatic N) is 3. The first-order valence-corrected chi connectivity index (χ1v) is 8.07. The Morgan fingerprint density at radius 3 is 2.77 bits per heavy atom. The minimum Gasteiger partial charge on any atom is -0.444 e. The van der Waals surface area contributed by atoms with Gasteiger partial charge < -0.3 is 14.5 Å². The van der Waals surface area contributed by atoms with Gasteiger partial charge in [-0.2, -0.15) is 0 Å². The van der Waals surface area contributed by atoms with Crippen molar-refractivity contribution in [3.8, 4) is 0 Å². The highest BCUT2D eigenvalue weighted by atomic mass is 35.5. The predicted molar refractivity (Wildman–Crippen MR) is 86.3 cm³/mol. The first-order chi connectivity index (χ1) is 10.3. The maximum absolute atomic E-state index is 12.3. The van der Waals surface area contributed by atoms with E-state index >= 15 is 0 Å². The van der Waals surface area contributed by atoms with Gasteiger partial charge in [0, 0.05) is 25.6 Å². The Morgan fingerprint density at radius 1 is 1.36 bits per heavy atom. The molecule has 2 atom stereocenters. The molecule has 0 aromatic carbocycles. The molecular weight excluding hydrogens is 302 g/mol. The molecule has 3 heterocycles. The third-order valence-corrected chi connectivity index (χ3v) is 4.48. The lowest BCUT2D eigenvalue weighted by atomic mass is 10.1. The lowest BCUT2D eigenvalue weighted by Crippen LogP contribution is -2.42. The Bertz CT molecular complexity index is 556. The van der Waals surface area contributed by atoms with Crippen molar-refractivity contribution in [2.24, 2.45) is 5.92 Å². The number of halogens is 1. The van der Waals surface area contributed by atoms with Gasteiger partial charge in [-0.15, -0.1) is 0 Å². The zero-order valence-corrected chi connectivity index (χ0v) is 14.0. The molecule has 0 unspecified atom stereocenters. The Morgan fingerprint density at radius 2 is 2.14 bits per heavy atom. The molecule has 0 aliphatic carbocycles. The van der Waals surface area contributed by atoms with Crippen LogP contribution in [-0.4, -0.2) is 47.3 Å². The summed E-state index contributed by atoms with van der Waals surface area (Å²) in [6, 6.07) is 4.01. The number of ether oxygens (including phenoxy) is 1. The number of hydrogen-bond acceptors (Lipinski definition) is 4. The molecule has 5 nitrogen and oxygen atoms in total. The highest BCUT2D eigenvalue weighted by Gasteiger charge is 2.44. The molecule has 22 heavy (non-hydrogen) atoms. The highest BCUT2D eigenvalue weighted by molar-refractivity contribution is 6.29. The summed E-state index contributed by atoms with van der Waals surface area (Å²) in [6.45, 7) is 8.27. The van der Waals surface area contributed by atoms with Crippen molar-refractivity contribution in [2.75, 3.05) is 24.5 Å². The number of likely N-dealkylation sites (tertiary alicyclic amines) is 1. The Hall–Kier alpha value is -1.49. The van der Waals surface area contributed by atoms with Gasteiger partial charge in [-0.3, -0.25) is 0 Å². The van der Waals surface area contributed by atoms with Gasteiger partial charge in [0.25, 0.3) is 0 Å². The van der Waals surface area contributed by atoms with Crippen molar-refractivity contribution in [1.29, 1.82) is 0 Å². The fourth-order valence-electron chi connectivity index (χ4n) is 3.27. The van der Waals surface area contributed by atoms with E-state index < -0.39 is 5.60 Å². The average molecular weight is 324 g/mol. The van der Waals surface area contributed by atoms with Gasteiger partial charge in [0.1, 0.15) is 10.8 Å². The summed E-state index contributed by atoms with van der Waals surface area (Å²) >= 11 is 5.84. The van der Waals surface area contributed by atoms with Crippen molar-refractivity contribution in [3.63, 3.8) is 0 Å². The third kappa shape index (κ3) is 3.14. The lowest BCUT2D eigenvalue weighted by Gasteiger charge is -2.28. The molecule has 2 saturated heterocycles. The summed E-state index contributed by atoms with van der Waals surface area (Å²) in [5.74, 6) is 0.503. The van der Waals surface area contributed by atoms with Crippen LogP contribution in [-0.2, 0) is 4.74 Å². The lowest BCUT2D eigenvalue weighted by molar-refractivity contribution is 0.0229. The van der Waals surface area contributed by atoms with E-state index in [4.69, 9.17) is 16.3 Å². The van der Waals surface area contributed by atoms with E-state index in [1.807, 2.05) is 31.7 Å². The molecule has 1 aromatic heterocycles. The molecule has 0 saturated carbocycles. The van der Waals surface area contributed by atoms with Gasteiger partial charge in [0.05, 0.1) is 17.9 Å². The zero-order valence-electron chi connectivity index (χ0n) is 13.3. The molecule has 0 radical (unpaired) electrons. The van der Waals surface area contributed by atoms with Gasteiger partial charge in [-0.05, 0) is 39.3 Å². The molecule has 1 amide bonds. The number of carbonyl (C=O) groups excluding carboxylic acids is 1. The summed E-state index contributed by atoms with van der Waals surface area (Å²) in [5, 5.41) is 0.499. The Labute approximate surface area is 136 Å². The van der Waals surface area contributed by atoms with Crippen LogP contribution in [0.1, 0.15) is 27.2 Å². The zero-order chi connectivity index (χ0) is 15.9. The maximum atomic E-state index is 12.3. The van der Waals surface area contributed by atoms with Crippen LogP contribution in [0.4, 0.5) is 10.5 Å². The number of carbonyl (C=O) groups is 1. The van der Waals surface area contributed by atoms with Gasteiger partial charge in [-0.1, -0.05) is 11.6 Å². The van der Waals surface area contributed by atoms with Crippen molar-refractivity contribution < 1.29 is 9.53 Å². The molecule has 2 aliphatic heterocycles. The Balaban J connectivity index is 1.68. The van der Waals surface area contributed by atoms with E-state index in [-0.39, 0.29) is 12.1 Å². The normalized spacial score (nSPS) is 24.5. The second kappa shape index (κ2) is 5.61. The average Bonchev–Trinajstić information content (AvgIpc) is 2.96. The number of aromatic nitrogens is 1.